The van der Waals surface area contributed by atoms with E-state index >= 15 is 0 Å². The molecule has 3 aromatic rings. The third kappa shape index (κ3) is 5.43. The summed E-state index contributed by atoms with van der Waals surface area (Å²) in [5, 5.41) is 29.5. The zero-order valence-electron chi connectivity index (χ0n) is 22.6. The Labute approximate surface area is 227 Å². The second kappa shape index (κ2) is 10.4. The van der Waals surface area contributed by atoms with Gasteiger partial charge in [-0.15, -0.1) is 5.53 Å². The van der Waals surface area contributed by atoms with E-state index in [1.54, 1.807) is 19.1 Å². The van der Waals surface area contributed by atoms with Gasteiger partial charge in [0.1, 0.15) is 12.1 Å². The lowest BCUT2D eigenvalue weighted by Crippen LogP contribution is -2.46. The molecule has 1 aliphatic carbocycles. The number of anilines is 2. The molecule has 0 radical (unpaired) electrons. The first kappa shape index (κ1) is 26.2. The molecule has 1 aliphatic heterocycles. The van der Waals surface area contributed by atoms with Crippen LogP contribution in [0.5, 0.6) is 0 Å². The van der Waals surface area contributed by atoms with Gasteiger partial charge in [0.25, 0.3) is 0 Å². The highest BCUT2D eigenvalue weighted by molar-refractivity contribution is 5.99. The van der Waals surface area contributed by atoms with Crippen LogP contribution in [0.15, 0.2) is 42.4 Å². The Balaban J connectivity index is 1.60. The maximum absolute atomic E-state index is 13.9. The van der Waals surface area contributed by atoms with Crippen molar-refractivity contribution in [2.75, 3.05) is 17.2 Å². The molecule has 0 bridgehead atoms. The minimum absolute atomic E-state index is 0.0334. The maximum atomic E-state index is 13.9. The minimum Gasteiger partial charge on any atom is -0.383 e. The van der Waals surface area contributed by atoms with Crippen molar-refractivity contribution in [1.82, 2.24) is 25.9 Å². The molecule has 1 atom stereocenters. The van der Waals surface area contributed by atoms with Crippen LogP contribution in [0.25, 0.3) is 10.9 Å². The molecule has 200 valence electrons. The Morgan fingerprint density at radius 2 is 1.95 bits per heavy atom. The highest BCUT2D eigenvalue weighted by Crippen LogP contribution is 2.35. The highest BCUT2D eigenvalue weighted by Gasteiger charge is 2.30. The molecule has 2 aliphatic rings. The van der Waals surface area contributed by atoms with Crippen LogP contribution in [-0.2, 0) is 0 Å². The van der Waals surface area contributed by atoms with Crippen molar-refractivity contribution in [3.63, 3.8) is 0 Å². The van der Waals surface area contributed by atoms with E-state index < -0.39 is 12.0 Å². The molecular weight excluding hydrogens is 493 g/mol. The Morgan fingerprint density at radius 1 is 1.18 bits per heavy atom. The number of aromatic nitrogens is 2. The van der Waals surface area contributed by atoms with Gasteiger partial charge in [0.2, 0.25) is 5.95 Å². The molecule has 10 heteroatoms. The third-order valence-corrected chi connectivity index (χ3v) is 7.11. The average Bonchev–Trinajstić information content (AvgIpc) is 3.33. The predicted octanol–water partition coefficient (Wildman–Crippen LogP) is 5.15. The standard InChI is InChI=1S/C29H32FN9/c1-17-22(8-9-25(30)35-17)28(24-15-39(38-37-24)21-6-5-7-21)36-20-10-18(12-31)26-23(11-20)27(19(13-32)14-33-26)34-16-29(2,3)4/h8-11,14-15,21,28,36-38H,5-7,16H2,1-4H3,(H,33,34)/t28-/m0/s1. The van der Waals surface area contributed by atoms with Crippen molar-refractivity contribution in [3.05, 3.63) is 70.7 Å². The van der Waals surface area contributed by atoms with Crippen molar-refractivity contribution in [1.29, 1.82) is 10.5 Å². The van der Waals surface area contributed by atoms with Gasteiger partial charge in [-0.1, -0.05) is 26.8 Å². The normalized spacial score (nSPS) is 16.1. The molecular formula is C29H32FN9. The number of halogens is 1. The molecule has 2 aromatic heterocycles. The van der Waals surface area contributed by atoms with Crippen molar-refractivity contribution >= 4 is 22.3 Å². The summed E-state index contributed by atoms with van der Waals surface area (Å²) in [6.45, 7) is 8.73. The summed E-state index contributed by atoms with van der Waals surface area (Å²) in [5.41, 5.74) is 11.3. The van der Waals surface area contributed by atoms with E-state index in [0.29, 0.717) is 51.7 Å². The summed E-state index contributed by atoms with van der Waals surface area (Å²) in [5.74, 6) is -0.542. The molecule has 0 spiro atoms. The second-order valence-corrected chi connectivity index (χ2v) is 11.3. The molecule has 0 amide bonds. The van der Waals surface area contributed by atoms with Crippen molar-refractivity contribution in [2.24, 2.45) is 5.41 Å². The topological polar surface area (TPSA) is 125 Å². The van der Waals surface area contributed by atoms with Gasteiger partial charge >= 0.3 is 0 Å². The van der Waals surface area contributed by atoms with Gasteiger partial charge < -0.3 is 16.1 Å². The van der Waals surface area contributed by atoms with E-state index in [1.165, 1.54) is 18.7 Å². The number of nitriles is 2. The number of hydrazine groups is 2. The number of hydrogen-bond acceptors (Lipinski definition) is 9. The monoisotopic (exact) mass is 525 g/mol. The maximum Gasteiger partial charge on any atom is 0.213 e. The number of rotatable bonds is 7. The SMILES string of the molecule is Cc1nc(F)ccc1[C@H](Nc1cc(C#N)c2ncc(C#N)c(NCC(C)(C)C)c2c1)C1=CN(C2CCC2)NN1. The van der Waals surface area contributed by atoms with E-state index in [-0.39, 0.29) is 5.41 Å². The van der Waals surface area contributed by atoms with Crippen LogP contribution in [-0.4, -0.2) is 27.6 Å². The van der Waals surface area contributed by atoms with Crippen LogP contribution in [0.2, 0.25) is 0 Å². The fourth-order valence-electron chi connectivity index (χ4n) is 4.79. The first-order valence-electron chi connectivity index (χ1n) is 13.1. The van der Waals surface area contributed by atoms with Crippen LogP contribution in [0.1, 0.15) is 68.5 Å². The molecule has 1 fully saturated rings. The summed E-state index contributed by atoms with van der Waals surface area (Å²) in [7, 11) is 0. The molecule has 0 saturated heterocycles. The first-order valence-corrected chi connectivity index (χ1v) is 13.1. The van der Waals surface area contributed by atoms with Gasteiger partial charge in [-0.25, -0.2) is 4.98 Å². The van der Waals surface area contributed by atoms with Crippen molar-refractivity contribution in [2.45, 2.75) is 59.0 Å². The van der Waals surface area contributed by atoms with Gasteiger partial charge in [-0.05, 0) is 49.8 Å². The molecule has 1 aromatic carbocycles. The lowest BCUT2D eigenvalue weighted by molar-refractivity contribution is 0.128. The summed E-state index contributed by atoms with van der Waals surface area (Å²) in [6, 6.07) is 11.2. The summed E-state index contributed by atoms with van der Waals surface area (Å²) < 4.78 is 13.9. The Hall–Kier alpha value is -4.41. The first-order chi connectivity index (χ1) is 18.7. The second-order valence-electron chi connectivity index (χ2n) is 11.3. The fraction of sp³-hybridized carbons (Fsp3) is 0.379. The number of pyridine rings is 2. The summed E-state index contributed by atoms with van der Waals surface area (Å²) >= 11 is 0. The fourth-order valence-corrected chi connectivity index (χ4v) is 4.79. The van der Waals surface area contributed by atoms with Gasteiger partial charge in [0, 0.05) is 47.3 Å². The third-order valence-electron chi connectivity index (χ3n) is 7.11. The lowest BCUT2D eigenvalue weighted by atomic mass is 9.93. The number of aryl methyl sites for hydroxylation is 1. The van der Waals surface area contributed by atoms with E-state index in [9.17, 15) is 14.9 Å². The number of benzene rings is 1. The summed E-state index contributed by atoms with van der Waals surface area (Å²) in [6.07, 6.45) is 6.96. The Kier molecular flexibility index (Phi) is 6.98. The quantitative estimate of drug-likeness (QED) is 0.310. The van der Waals surface area contributed by atoms with Crippen molar-refractivity contribution in [3.8, 4) is 12.1 Å². The molecule has 0 unspecified atom stereocenters. The average molecular weight is 526 g/mol. The number of nitrogens with zero attached hydrogens (tertiary/aromatic N) is 5. The Morgan fingerprint density at radius 3 is 2.59 bits per heavy atom. The van der Waals surface area contributed by atoms with Crippen molar-refractivity contribution < 1.29 is 4.39 Å². The van der Waals surface area contributed by atoms with Crippen LogP contribution in [0.3, 0.4) is 0 Å². The minimum atomic E-state index is -0.542. The summed E-state index contributed by atoms with van der Waals surface area (Å²) in [4.78, 5) is 8.50. The molecule has 9 nitrogen and oxygen atoms in total. The smallest absolute Gasteiger partial charge is 0.213 e. The lowest BCUT2D eigenvalue weighted by Gasteiger charge is -2.33. The Bertz CT molecular complexity index is 1520. The number of hydrogen-bond donors (Lipinski definition) is 4. The van der Waals surface area contributed by atoms with E-state index in [4.69, 9.17) is 0 Å². The van der Waals surface area contributed by atoms with Gasteiger partial charge in [0.15, 0.2) is 0 Å². The van der Waals surface area contributed by atoms with Gasteiger partial charge in [-0.3, -0.25) is 9.99 Å². The van der Waals surface area contributed by atoms with Crippen LogP contribution in [0.4, 0.5) is 15.8 Å². The number of fused-ring (bicyclic) bond motifs is 1. The molecule has 39 heavy (non-hydrogen) atoms. The molecule has 4 N–H and O–H groups in total. The van der Waals surface area contributed by atoms with E-state index in [0.717, 1.165) is 24.1 Å². The predicted molar refractivity (Wildman–Crippen MR) is 148 cm³/mol. The number of nitrogens with one attached hydrogen (secondary N) is 4. The van der Waals surface area contributed by atoms with Crippen LogP contribution >= 0.6 is 0 Å². The van der Waals surface area contributed by atoms with Crippen LogP contribution in [0, 0.1) is 40.9 Å². The van der Waals surface area contributed by atoms with E-state index in [1.807, 2.05) is 12.3 Å². The zero-order chi connectivity index (χ0) is 27.7. The molecule has 5 rings (SSSR count). The largest absolute Gasteiger partial charge is 0.383 e. The zero-order valence-corrected chi connectivity index (χ0v) is 22.6. The van der Waals surface area contributed by atoms with E-state index in [2.05, 4.69) is 69.5 Å². The molecule has 1 saturated carbocycles. The van der Waals surface area contributed by atoms with Gasteiger partial charge in [-0.2, -0.15) is 14.9 Å². The highest BCUT2D eigenvalue weighted by atomic mass is 19.1. The molecule has 3 heterocycles. The van der Waals surface area contributed by atoms with Gasteiger partial charge in [0.05, 0.1) is 34.1 Å². The van der Waals surface area contributed by atoms with Crippen LogP contribution < -0.4 is 21.6 Å².